The third kappa shape index (κ3) is 6.00. The van der Waals surface area contributed by atoms with E-state index >= 15 is 0 Å². The summed E-state index contributed by atoms with van der Waals surface area (Å²) in [5.41, 5.74) is 1.71. The summed E-state index contributed by atoms with van der Waals surface area (Å²) < 4.78 is 18.3. The minimum absolute atomic E-state index is 0.0493. The Balaban J connectivity index is 1.18. The molecule has 1 aliphatic rings. The van der Waals surface area contributed by atoms with Crippen LogP contribution in [0.4, 0.5) is 10.2 Å². The Hall–Kier alpha value is -3.62. The molecule has 0 atom stereocenters. The summed E-state index contributed by atoms with van der Waals surface area (Å²) in [7, 11) is 0. The molecule has 4 rings (SSSR count). The third-order valence-electron chi connectivity index (χ3n) is 5.73. The number of nitrogens with zero attached hydrogens (tertiary/aromatic N) is 4. The van der Waals surface area contributed by atoms with Gasteiger partial charge >= 0.3 is 0 Å². The van der Waals surface area contributed by atoms with Gasteiger partial charge in [-0.1, -0.05) is 11.2 Å². The number of carbonyl (C=O) groups excluding carboxylic acids is 2. The lowest BCUT2D eigenvalue weighted by Gasteiger charge is -2.31. The largest absolute Gasteiger partial charge is 0.343 e. The molecule has 1 aliphatic heterocycles. The number of hydrogen-bond acceptors (Lipinski definition) is 6. The quantitative estimate of drug-likeness (QED) is 0.587. The van der Waals surface area contributed by atoms with Gasteiger partial charge in [0, 0.05) is 43.6 Å². The van der Waals surface area contributed by atoms with E-state index in [1.807, 2.05) is 17.9 Å². The first-order valence-corrected chi connectivity index (χ1v) is 11.1. The Morgan fingerprint density at radius 1 is 1.15 bits per heavy atom. The topological polar surface area (TPSA) is 101 Å². The SMILES string of the molecule is Cc1ccc(NC(=O)C2CCN(C(=O)CCCc3nc(-c4ccc(F)cc4)no3)CC2)nc1. The molecule has 0 bridgehead atoms. The standard InChI is InChI=1S/C24H26FN5O3/c1-16-5-10-20(26-15-16)27-24(32)18-11-13-30(14-12-18)22(31)4-2-3-21-28-23(29-33-21)17-6-8-19(25)9-7-17/h5-10,15,18H,2-4,11-14H2,1H3,(H,26,27,32). The number of hydrogen-bond donors (Lipinski definition) is 1. The van der Waals surface area contributed by atoms with Crippen LogP contribution in [0.5, 0.6) is 0 Å². The molecule has 9 heteroatoms. The van der Waals surface area contributed by atoms with Gasteiger partial charge in [-0.05, 0) is 62.1 Å². The van der Waals surface area contributed by atoms with Crippen molar-refractivity contribution in [3.8, 4) is 11.4 Å². The number of benzene rings is 1. The van der Waals surface area contributed by atoms with Crippen LogP contribution in [0.2, 0.25) is 0 Å². The molecule has 2 aromatic heterocycles. The summed E-state index contributed by atoms with van der Waals surface area (Å²) in [4.78, 5) is 35.4. The van der Waals surface area contributed by atoms with Gasteiger partial charge in [0.1, 0.15) is 11.6 Å². The summed E-state index contributed by atoms with van der Waals surface area (Å²) in [6, 6.07) is 9.57. The average molecular weight is 452 g/mol. The molecule has 8 nitrogen and oxygen atoms in total. The number of pyridine rings is 1. The normalized spacial score (nSPS) is 14.3. The van der Waals surface area contributed by atoms with Gasteiger partial charge in [0.2, 0.25) is 23.5 Å². The monoisotopic (exact) mass is 451 g/mol. The van der Waals surface area contributed by atoms with E-state index in [4.69, 9.17) is 4.52 Å². The van der Waals surface area contributed by atoms with E-state index in [1.165, 1.54) is 12.1 Å². The average Bonchev–Trinajstić information content (AvgIpc) is 3.30. The lowest BCUT2D eigenvalue weighted by Crippen LogP contribution is -2.41. The van der Waals surface area contributed by atoms with Gasteiger partial charge in [-0.15, -0.1) is 0 Å². The fourth-order valence-corrected chi connectivity index (χ4v) is 3.78. The van der Waals surface area contributed by atoms with Crippen molar-refractivity contribution in [2.24, 2.45) is 5.92 Å². The van der Waals surface area contributed by atoms with Crippen LogP contribution in [0.15, 0.2) is 47.1 Å². The number of halogens is 1. The molecule has 0 unspecified atom stereocenters. The number of rotatable bonds is 7. The van der Waals surface area contributed by atoms with Gasteiger partial charge in [-0.2, -0.15) is 4.98 Å². The van der Waals surface area contributed by atoms with Gasteiger partial charge in [0.25, 0.3) is 0 Å². The zero-order valence-corrected chi connectivity index (χ0v) is 18.5. The predicted molar refractivity (Wildman–Crippen MR) is 120 cm³/mol. The number of anilines is 1. The van der Waals surface area contributed by atoms with Crippen molar-refractivity contribution in [3.63, 3.8) is 0 Å². The number of nitrogens with one attached hydrogen (secondary N) is 1. The van der Waals surface area contributed by atoms with Crippen LogP contribution in [0.3, 0.4) is 0 Å². The van der Waals surface area contributed by atoms with Gasteiger partial charge in [-0.25, -0.2) is 9.37 Å². The minimum atomic E-state index is -0.325. The highest BCUT2D eigenvalue weighted by atomic mass is 19.1. The Morgan fingerprint density at radius 2 is 1.91 bits per heavy atom. The van der Waals surface area contributed by atoms with Crippen molar-refractivity contribution in [3.05, 3.63) is 59.9 Å². The van der Waals surface area contributed by atoms with Crippen LogP contribution in [0, 0.1) is 18.7 Å². The van der Waals surface area contributed by atoms with Crippen LogP contribution in [-0.4, -0.2) is 44.9 Å². The Kier molecular flexibility index (Phi) is 7.07. The van der Waals surface area contributed by atoms with E-state index in [2.05, 4.69) is 20.4 Å². The van der Waals surface area contributed by atoms with E-state index < -0.39 is 0 Å². The molecule has 3 aromatic rings. The number of aromatic nitrogens is 3. The van der Waals surface area contributed by atoms with Crippen LogP contribution < -0.4 is 5.32 Å². The van der Waals surface area contributed by atoms with E-state index in [9.17, 15) is 14.0 Å². The lowest BCUT2D eigenvalue weighted by atomic mass is 9.95. The minimum Gasteiger partial charge on any atom is -0.343 e. The van der Waals surface area contributed by atoms with Crippen LogP contribution >= 0.6 is 0 Å². The molecule has 0 aliphatic carbocycles. The van der Waals surface area contributed by atoms with Crippen molar-refractivity contribution in [2.75, 3.05) is 18.4 Å². The second-order valence-electron chi connectivity index (χ2n) is 8.24. The third-order valence-corrected chi connectivity index (χ3v) is 5.73. The molecule has 0 radical (unpaired) electrons. The number of amides is 2. The van der Waals surface area contributed by atoms with Crippen molar-refractivity contribution >= 4 is 17.6 Å². The van der Waals surface area contributed by atoms with Crippen molar-refractivity contribution in [2.45, 2.75) is 39.0 Å². The number of piperidine rings is 1. The number of likely N-dealkylation sites (tertiary alicyclic amines) is 1. The number of aryl methyl sites for hydroxylation is 2. The molecule has 1 aromatic carbocycles. The molecule has 172 valence electrons. The summed E-state index contributed by atoms with van der Waals surface area (Å²) in [5, 5.41) is 6.77. The fraction of sp³-hybridized carbons (Fsp3) is 0.375. The first-order valence-electron chi connectivity index (χ1n) is 11.1. The van der Waals surface area contributed by atoms with Gasteiger partial charge < -0.3 is 14.7 Å². The van der Waals surface area contributed by atoms with E-state index in [1.54, 1.807) is 24.4 Å². The van der Waals surface area contributed by atoms with Crippen molar-refractivity contribution < 1.29 is 18.5 Å². The maximum absolute atomic E-state index is 13.0. The predicted octanol–water partition coefficient (Wildman–Crippen LogP) is 3.78. The highest BCUT2D eigenvalue weighted by Crippen LogP contribution is 2.21. The molecular weight excluding hydrogens is 425 g/mol. The highest BCUT2D eigenvalue weighted by Gasteiger charge is 2.27. The summed E-state index contributed by atoms with van der Waals surface area (Å²) in [6.07, 6.45) is 4.43. The summed E-state index contributed by atoms with van der Waals surface area (Å²) in [6.45, 7) is 3.07. The Bertz CT molecular complexity index is 1090. The zero-order chi connectivity index (χ0) is 23.2. The molecule has 0 spiro atoms. The van der Waals surface area contributed by atoms with E-state index in [0.29, 0.717) is 68.3 Å². The molecule has 0 saturated carbocycles. The molecule has 1 N–H and O–H groups in total. The molecular formula is C24H26FN5O3. The smallest absolute Gasteiger partial charge is 0.228 e. The molecule has 1 saturated heterocycles. The first-order chi connectivity index (χ1) is 16.0. The van der Waals surface area contributed by atoms with Gasteiger partial charge in [0.05, 0.1) is 0 Å². The van der Waals surface area contributed by atoms with E-state index in [-0.39, 0.29) is 23.5 Å². The first kappa shape index (κ1) is 22.6. The molecule has 1 fully saturated rings. The van der Waals surface area contributed by atoms with Crippen molar-refractivity contribution in [1.82, 2.24) is 20.0 Å². The van der Waals surface area contributed by atoms with Crippen LogP contribution in [-0.2, 0) is 16.0 Å². The molecule has 2 amide bonds. The van der Waals surface area contributed by atoms with Gasteiger partial charge in [0.15, 0.2) is 0 Å². The second kappa shape index (κ2) is 10.3. The molecule has 3 heterocycles. The van der Waals surface area contributed by atoms with Crippen LogP contribution in [0.1, 0.15) is 37.1 Å². The van der Waals surface area contributed by atoms with Crippen LogP contribution in [0.25, 0.3) is 11.4 Å². The Labute approximate surface area is 191 Å². The molecule has 33 heavy (non-hydrogen) atoms. The lowest BCUT2D eigenvalue weighted by molar-refractivity contribution is -0.134. The maximum Gasteiger partial charge on any atom is 0.228 e. The summed E-state index contributed by atoms with van der Waals surface area (Å²) >= 11 is 0. The van der Waals surface area contributed by atoms with Gasteiger partial charge in [-0.3, -0.25) is 9.59 Å². The Morgan fingerprint density at radius 3 is 2.61 bits per heavy atom. The summed E-state index contributed by atoms with van der Waals surface area (Å²) in [5.74, 6) is 0.959. The van der Waals surface area contributed by atoms with Crippen molar-refractivity contribution in [1.29, 1.82) is 0 Å². The van der Waals surface area contributed by atoms with E-state index in [0.717, 1.165) is 5.56 Å². The highest BCUT2D eigenvalue weighted by molar-refractivity contribution is 5.91. The maximum atomic E-state index is 13.0. The number of carbonyl (C=O) groups is 2. The second-order valence-corrected chi connectivity index (χ2v) is 8.24. The zero-order valence-electron chi connectivity index (χ0n) is 18.5. The fourth-order valence-electron chi connectivity index (χ4n) is 3.78.